The number of H-pyrrole nitrogens is 1. The molecule has 0 bridgehead atoms. The number of carbonyl (C=O) groups is 1. The van der Waals surface area contributed by atoms with Gasteiger partial charge >= 0.3 is 0 Å². The molecule has 1 N–H and O–H groups in total. The molecule has 5 heteroatoms. The molecule has 0 atom stereocenters. The number of aromatic nitrogens is 2. The highest BCUT2D eigenvalue weighted by Crippen LogP contribution is 2.25. The van der Waals surface area contributed by atoms with Gasteiger partial charge in [0.25, 0.3) is 11.5 Å². The topological polar surface area (TPSA) is 66.1 Å². The van der Waals surface area contributed by atoms with Crippen LogP contribution >= 0.6 is 0 Å². The second-order valence-corrected chi connectivity index (χ2v) is 5.21. The molecule has 1 amide bonds. The van der Waals surface area contributed by atoms with E-state index in [9.17, 15) is 9.59 Å². The third-order valence-corrected chi connectivity index (χ3v) is 3.52. The zero-order chi connectivity index (χ0) is 15.7. The van der Waals surface area contributed by atoms with Crippen molar-refractivity contribution in [1.82, 2.24) is 14.9 Å². The second kappa shape index (κ2) is 5.44. The van der Waals surface area contributed by atoms with Crippen molar-refractivity contribution in [2.24, 2.45) is 0 Å². The van der Waals surface area contributed by atoms with Crippen LogP contribution in [0.3, 0.4) is 0 Å². The van der Waals surface area contributed by atoms with Gasteiger partial charge in [0.2, 0.25) is 0 Å². The normalized spacial score (nSPS) is 10.6. The predicted molar refractivity (Wildman–Crippen MR) is 85.8 cm³/mol. The van der Waals surface area contributed by atoms with E-state index in [0.717, 1.165) is 11.1 Å². The quantitative estimate of drug-likeness (QED) is 0.788. The Morgan fingerprint density at radius 1 is 1.09 bits per heavy atom. The van der Waals surface area contributed by atoms with Crippen LogP contribution in [0.25, 0.3) is 22.0 Å². The van der Waals surface area contributed by atoms with Gasteiger partial charge in [-0.25, -0.2) is 4.98 Å². The number of rotatable bonds is 2. The van der Waals surface area contributed by atoms with Crippen LogP contribution in [0.2, 0.25) is 0 Å². The molecule has 1 heterocycles. The Balaban J connectivity index is 2.11. The van der Waals surface area contributed by atoms with Crippen LogP contribution in [0.5, 0.6) is 0 Å². The van der Waals surface area contributed by atoms with Gasteiger partial charge in [0.15, 0.2) is 0 Å². The van der Waals surface area contributed by atoms with Gasteiger partial charge < -0.3 is 9.88 Å². The molecule has 3 aromatic rings. The molecule has 0 radical (unpaired) electrons. The summed E-state index contributed by atoms with van der Waals surface area (Å²) in [5.41, 5.74) is 2.90. The lowest BCUT2D eigenvalue weighted by Crippen LogP contribution is -2.21. The standard InChI is InChI=1S/C17H15N3O2/c1-20(2)17(22)12-8-6-11(7-9-12)13-4-3-5-14-15(13)18-10-19-16(14)21/h3-10H,1-2H3,(H,18,19,21). The first-order chi connectivity index (χ1) is 10.6. The van der Waals surface area contributed by atoms with Crippen molar-refractivity contribution in [1.29, 1.82) is 0 Å². The Bertz CT molecular complexity index is 896. The van der Waals surface area contributed by atoms with Crippen molar-refractivity contribution in [3.8, 4) is 11.1 Å². The van der Waals surface area contributed by atoms with Crippen LogP contribution in [-0.4, -0.2) is 34.9 Å². The Morgan fingerprint density at radius 2 is 1.82 bits per heavy atom. The van der Waals surface area contributed by atoms with Gasteiger partial charge in [-0.05, 0) is 23.8 Å². The molecule has 0 aliphatic heterocycles. The molecule has 110 valence electrons. The first-order valence-electron chi connectivity index (χ1n) is 6.86. The average molecular weight is 293 g/mol. The number of hydrogen-bond donors (Lipinski definition) is 1. The minimum atomic E-state index is -0.161. The molecule has 1 aromatic heterocycles. The maximum absolute atomic E-state index is 11.9. The number of nitrogens with one attached hydrogen (secondary N) is 1. The summed E-state index contributed by atoms with van der Waals surface area (Å²) in [6, 6.07) is 12.8. The smallest absolute Gasteiger partial charge is 0.258 e. The molecule has 0 aliphatic carbocycles. The van der Waals surface area contributed by atoms with Crippen molar-refractivity contribution in [2.75, 3.05) is 14.1 Å². The van der Waals surface area contributed by atoms with E-state index in [0.29, 0.717) is 16.5 Å². The van der Waals surface area contributed by atoms with Crippen LogP contribution in [-0.2, 0) is 0 Å². The molecule has 0 aliphatic rings. The summed E-state index contributed by atoms with van der Waals surface area (Å²) in [4.78, 5) is 32.1. The summed E-state index contributed by atoms with van der Waals surface area (Å²) in [6.45, 7) is 0. The lowest BCUT2D eigenvalue weighted by atomic mass is 10.0. The van der Waals surface area contributed by atoms with Crippen molar-refractivity contribution < 1.29 is 4.79 Å². The van der Waals surface area contributed by atoms with Gasteiger partial charge in [0.1, 0.15) is 0 Å². The number of aromatic amines is 1. The van der Waals surface area contributed by atoms with E-state index < -0.39 is 0 Å². The van der Waals surface area contributed by atoms with E-state index in [-0.39, 0.29) is 11.5 Å². The maximum Gasteiger partial charge on any atom is 0.258 e. The van der Waals surface area contributed by atoms with Gasteiger partial charge in [-0.15, -0.1) is 0 Å². The molecule has 0 unspecified atom stereocenters. The molecule has 22 heavy (non-hydrogen) atoms. The Labute approximate surface area is 127 Å². The number of amides is 1. The fourth-order valence-corrected chi connectivity index (χ4v) is 2.38. The summed E-state index contributed by atoms with van der Waals surface area (Å²) in [5.74, 6) is -0.0426. The van der Waals surface area contributed by atoms with E-state index in [1.807, 2.05) is 24.3 Å². The molecule has 2 aromatic carbocycles. The number of carbonyl (C=O) groups excluding carboxylic acids is 1. The van der Waals surface area contributed by atoms with Crippen molar-refractivity contribution in [3.05, 3.63) is 64.7 Å². The fourth-order valence-electron chi connectivity index (χ4n) is 2.38. The summed E-state index contributed by atoms with van der Waals surface area (Å²) in [6.07, 6.45) is 1.40. The second-order valence-electron chi connectivity index (χ2n) is 5.21. The monoisotopic (exact) mass is 293 g/mol. The van der Waals surface area contributed by atoms with Gasteiger partial charge in [-0.3, -0.25) is 9.59 Å². The molecule has 0 fully saturated rings. The third kappa shape index (κ3) is 2.37. The van der Waals surface area contributed by atoms with E-state index in [1.54, 1.807) is 32.3 Å². The first-order valence-corrected chi connectivity index (χ1v) is 6.86. The first kappa shape index (κ1) is 14.0. The predicted octanol–water partition coefficient (Wildman–Crippen LogP) is 2.29. The molecule has 3 rings (SSSR count). The fraction of sp³-hybridized carbons (Fsp3) is 0.118. The molecule has 0 saturated heterocycles. The lowest BCUT2D eigenvalue weighted by Gasteiger charge is -2.11. The number of hydrogen-bond acceptors (Lipinski definition) is 3. The zero-order valence-electron chi connectivity index (χ0n) is 12.3. The summed E-state index contributed by atoms with van der Waals surface area (Å²) in [5, 5.41) is 0.549. The summed E-state index contributed by atoms with van der Waals surface area (Å²) in [7, 11) is 3.44. The van der Waals surface area contributed by atoms with E-state index in [4.69, 9.17) is 0 Å². The van der Waals surface area contributed by atoms with E-state index in [1.165, 1.54) is 11.2 Å². The summed E-state index contributed by atoms with van der Waals surface area (Å²) >= 11 is 0. The van der Waals surface area contributed by atoms with E-state index >= 15 is 0 Å². The molecule has 5 nitrogen and oxygen atoms in total. The average Bonchev–Trinajstić information content (AvgIpc) is 2.54. The Morgan fingerprint density at radius 3 is 2.50 bits per heavy atom. The largest absolute Gasteiger partial charge is 0.345 e. The van der Waals surface area contributed by atoms with Crippen molar-refractivity contribution >= 4 is 16.8 Å². The summed E-state index contributed by atoms with van der Waals surface area (Å²) < 4.78 is 0. The number of para-hydroxylation sites is 1. The molecular weight excluding hydrogens is 278 g/mol. The highest BCUT2D eigenvalue weighted by Gasteiger charge is 2.10. The van der Waals surface area contributed by atoms with Crippen LogP contribution in [0.4, 0.5) is 0 Å². The number of nitrogens with zero attached hydrogens (tertiary/aromatic N) is 2. The number of benzene rings is 2. The minimum Gasteiger partial charge on any atom is -0.345 e. The molecule has 0 spiro atoms. The van der Waals surface area contributed by atoms with Crippen molar-refractivity contribution in [3.63, 3.8) is 0 Å². The van der Waals surface area contributed by atoms with Gasteiger partial charge in [0.05, 0.1) is 17.2 Å². The van der Waals surface area contributed by atoms with Crippen LogP contribution in [0.1, 0.15) is 10.4 Å². The zero-order valence-corrected chi connectivity index (χ0v) is 12.3. The molecule has 0 saturated carbocycles. The highest BCUT2D eigenvalue weighted by atomic mass is 16.2. The Kier molecular flexibility index (Phi) is 3.47. The van der Waals surface area contributed by atoms with Crippen LogP contribution in [0, 0.1) is 0 Å². The van der Waals surface area contributed by atoms with E-state index in [2.05, 4.69) is 9.97 Å². The van der Waals surface area contributed by atoms with Gasteiger partial charge in [-0.1, -0.05) is 24.3 Å². The Hall–Kier alpha value is -2.95. The van der Waals surface area contributed by atoms with Crippen molar-refractivity contribution in [2.45, 2.75) is 0 Å². The van der Waals surface area contributed by atoms with Gasteiger partial charge in [-0.2, -0.15) is 0 Å². The number of fused-ring (bicyclic) bond motifs is 1. The highest BCUT2D eigenvalue weighted by molar-refractivity contribution is 5.96. The van der Waals surface area contributed by atoms with Crippen LogP contribution in [0.15, 0.2) is 53.6 Å². The van der Waals surface area contributed by atoms with Crippen LogP contribution < -0.4 is 5.56 Å². The lowest BCUT2D eigenvalue weighted by molar-refractivity contribution is 0.0827. The minimum absolute atomic E-state index is 0.0426. The maximum atomic E-state index is 11.9. The van der Waals surface area contributed by atoms with Gasteiger partial charge in [0, 0.05) is 25.2 Å². The third-order valence-electron chi connectivity index (χ3n) is 3.52. The molecular formula is C17H15N3O2. The SMILES string of the molecule is CN(C)C(=O)c1ccc(-c2cccc3c(=O)[nH]cnc23)cc1.